The Hall–Kier alpha value is -3.27. The first kappa shape index (κ1) is 24.4. The monoisotopic (exact) mass is 539 g/mol. The zero-order valence-corrected chi connectivity index (χ0v) is 21.5. The van der Waals surface area contributed by atoms with Crippen molar-refractivity contribution in [2.75, 3.05) is 13.9 Å². The number of carbonyl (C=O) groups excluding carboxylic acids is 1. The summed E-state index contributed by atoms with van der Waals surface area (Å²) in [6, 6.07) is 20.7. The van der Waals surface area contributed by atoms with Crippen molar-refractivity contribution in [3.63, 3.8) is 0 Å². The van der Waals surface area contributed by atoms with Crippen molar-refractivity contribution in [3.05, 3.63) is 88.6 Å². The minimum absolute atomic E-state index is 0.000626. The van der Waals surface area contributed by atoms with Gasteiger partial charge in [0.2, 0.25) is 6.79 Å². The third kappa shape index (κ3) is 5.28. The average Bonchev–Trinajstić information content (AvgIpc) is 3.47. The van der Waals surface area contributed by atoms with E-state index in [4.69, 9.17) is 30.8 Å². The summed E-state index contributed by atoms with van der Waals surface area (Å²) in [4.78, 5) is 18.0. The molecule has 4 aromatic rings. The molecule has 2 heterocycles. The molecule has 0 saturated carbocycles. The summed E-state index contributed by atoms with van der Waals surface area (Å²) in [7, 11) is 1.61. The van der Waals surface area contributed by atoms with E-state index in [0.29, 0.717) is 38.0 Å². The Balaban J connectivity index is 1.51. The molecule has 0 amide bonds. The van der Waals surface area contributed by atoms with Gasteiger partial charge in [0.15, 0.2) is 16.7 Å². The van der Waals surface area contributed by atoms with Crippen molar-refractivity contribution in [1.29, 1.82) is 0 Å². The molecule has 1 aliphatic heterocycles. The molecule has 1 aromatic heterocycles. The highest BCUT2D eigenvalue weighted by molar-refractivity contribution is 7.99. The average molecular weight is 540 g/mol. The van der Waals surface area contributed by atoms with E-state index in [0.717, 1.165) is 16.2 Å². The minimum atomic E-state index is -1.31. The summed E-state index contributed by atoms with van der Waals surface area (Å²) >= 11 is 9.23. The first-order valence-electron chi connectivity index (χ1n) is 10.9. The summed E-state index contributed by atoms with van der Waals surface area (Å²) in [6.45, 7) is 0.287. The molecule has 0 atom stereocenters. The predicted molar refractivity (Wildman–Crippen MR) is 136 cm³/mol. The zero-order valence-electron chi connectivity index (χ0n) is 19.1. The minimum Gasteiger partial charge on any atom is -0.543 e. The fraction of sp³-hybridized carbons (Fsp3) is 0.154. The van der Waals surface area contributed by atoms with E-state index >= 15 is 0 Å². The highest BCUT2D eigenvalue weighted by Gasteiger charge is 2.23. The number of fused-ring (bicyclic) bond motifs is 1. The fourth-order valence-corrected chi connectivity index (χ4v) is 5.81. The van der Waals surface area contributed by atoms with Gasteiger partial charge >= 0.3 is 0 Å². The maximum absolute atomic E-state index is 12.4. The molecule has 184 valence electrons. The number of hydrogen-bond acceptors (Lipinski definition) is 8. The summed E-state index contributed by atoms with van der Waals surface area (Å²) in [6.07, 6.45) is 0. The molecule has 10 heteroatoms. The van der Waals surface area contributed by atoms with Crippen LogP contribution in [-0.4, -0.2) is 29.4 Å². The van der Waals surface area contributed by atoms with Crippen LogP contribution in [-0.2, 0) is 12.3 Å². The van der Waals surface area contributed by atoms with E-state index in [1.807, 2.05) is 54.6 Å². The first-order chi connectivity index (χ1) is 17.5. The van der Waals surface area contributed by atoms with Gasteiger partial charge in [0.1, 0.15) is 10.8 Å². The van der Waals surface area contributed by atoms with Crippen molar-refractivity contribution in [3.8, 4) is 17.2 Å². The Morgan fingerprint density at radius 2 is 1.83 bits per heavy atom. The maximum Gasteiger partial charge on any atom is 0.231 e. The first-order valence-corrected chi connectivity index (χ1v) is 13.1. The van der Waals surface area contributed by atoms with Crippen molar-refractivity contribution >= 4 is 41.1 Å². The zero-order chi connectivity index (χ0) is 25.1. The Morgan fingerprint density at radius 1 is 1.11 bits per heavy atom. The lowest BCUT2D eigenvalue weighted by Crippen LogP contribution is -2.26. The van der Waals surface area contributed by atoms with Crippen LogP contribution >= 0.6 is 35.1 Å². The molecule has 36 heavy (non-hydrogen) atoms. The summed E-state index contributed by atoms with van der Waals surface area (Å²) < 4.78 is 17.7. The molecule has 0 saturated heterocycles. The predicted octanol–water partition coefficient (Wildman–Crippen LogP) is 5.13. The van der Waals surface area contributed by atoms with E-state index < -0.39 is 5.97 Å². The lowest BCUT2D eigenvalue weighted by molar-refractivity contribution is -0.256. The largest absolute Gasteiger partial charge is 0.543 e. The van der Waals surface area contributed by atoms with Crippen LogP contribution < -0.4 is 19.3 Å². The number of rotatable bonds is 9. The van der Waals surface area contributed by atoms with Gasteiger partial charge < -0.3 is 28.7 Å². The number of thioether (sulfide) groups is 1. The number of benzene rings is 3. The van der Waals surface area contributed by atoms with Gasteiger partial charge in [-0.25, -0.2) is 4.98 Å². The highest BCUT2D eigenvalue weighted by Crippen LogP contribution is 2.39. The van der Waals surface area contributed by atoms with Crippen LogP contribution in [0.3, 0.4) is 0 Å². The van der Waals surface area contributed by atoms with Crippen LogP contribution in [0.2, 0.25) is 5.02 Å². The normalized spacial score (nSPS) is 12.1. The molecular weight excluding hydrogens is 520 g/mol. The van der Waals surface area contributed by atoms with Gasteiger partial charge in [-0.3, -0.25) is 0 Å². The van der Waals surface area contributed by atoms with Crippen LogP contribution in [0.25, 0.3) is 0 Å². The molecule has 1 aliphatic rings. The van der Waals surface area contributed by atoms with E-state index in [9.17, 15) is 9.90 Å². The third-order valence-corrected chi connectivity index (χ3v) is 7.84. The number of hydrogen-bond donors (Lipinski definition) is 0. The van der Waals surface area contributed by atoms with Gasteiger partial charge in [-0.2, -0.15) is 0 Å². The second-order valence-electron chi connectivity index (χ2n) is 7.77. The lowest BCUT2D eigenvalue weighted by atomic mass is 10.2. The van der Waals surface area contributed by atoms with Gasteiger partial charge in [-0.15, -0.1) is 0 Å². The molecular formula is C26H20ClN2O5S2-. The Morgan fingerprint density at radius 3 is 2.53 bits per heavy atom. The molecule has 0 radical (unpaired) electrons. The molecule has 0 spiro atoms. The maximum atomic E-state index is 12.4. The Kier molecular flexibility index (Phi) is 7.31. The number of methoxy groups -OCH3 is 1. The Labute approximate surface area is 221 Å². The number of nitrogens with zero attached hydrogens (tertiary/aromatic N) is 2. The molecule has 5 rings (SSSR count). The number of ether oxygens (including phenoxy) is 3. The van der Waals surface area contributed by atoms with Crippen LogP contribution in [0.4, 0.5) is 0 Å². The van der Waals surface area contributed by atoms with Crippen LogP contribution in [0.1, 0.15) is 21.6 Å². The second-order valence-corrected chi connectivity index (χ2v) is 10.2. The van der Waals surface area contributed by atoms with Gasteiger partial charge in [0, 0.05) is 21.7 Å². The fourth-order valence-electron chi connectivity index (χ4n) is 3.65. The smallest absolute Gasteiger partial charge is 0.231 e. The number of carbonyl (C=O) groups is 1. The molecule has 0 aliphatic carbocycles. The van der Waals surface area contributed by atoms with Gasteiger partial charge in [0.05, 0.1) is 25.3 Å². The quantitative estimate of drug-likeness (QED) is 0.271. The molecule has 0 N–H and O–H groups in total. The second kappa shape index (κ2) is 10.8. The number of carboxylic acid groups (broad SMARTS) is 1. The molecule has 0 unspecified atom stereocenters. The van der Waals surface area contributed by atoms with Gasteiger partial charge in [0.25, 0.3) is 0 Å². The van der Waals surface area contributed by atoms with Crippen molar-refractivity contribution in [2.24, 2.45) is 0 Å². The lowest BCUT2D eigenvalue weighted by Gasteiger charge is -2.14. The van der Waals surface area contributed by atoms with Crippen molar-refractivity contribution in [2.45, 2.75) is 27.4 Å². The van der Waals surface area contributed by atoms with E-state index in [1.54, 1.807) is 23.8 Å². The SMILES string of the molecule is COc1ccc(CSc2nc(Sc3ccccc3)n(Cc3cc4c(cc3Cl)OCO4)c2C(=O)[O-])cc1. The molecule has 0 bridgehead atoms. The van der Waals surface area contributed by atoms with E-state index in [-0.39, 0.29) is 19.0 Å². The van der Waals surface area contributed by atoms with Gasteiger partial charge in [-0.05, 0) is 41.5 Å². The molecule has 7 nitrogen and oxygen atoms in total. The highest BCUT2D eigenvalue weighted by atomic mass is 35.5. The summed E-state index contributed by atoms with van der Waals surface area (Å²) in [5.74, 6) is 1.10. The Bertz CT molecular complexity index is 1390. The van der Waals surface area contributed by atoms with Crippen molar-refractivity contribution < 1.29 is 24.1 Å². The molecule has 0 fully saturated rings. The number of aromatic carboxylic acids is 1. The van der Waals surface area contributed by atoms with Crippen LogP contribution in [0.5, 0.6) is 17.2 Å². The number of carboxylic acids is 1. The summed E-state index contributed by atoms with van der Waals surface area (Å²) in [5.41, 5.74) is 1.69. The van der Waals surface area contributed by atoms with Gasteiger partial charge in [-0.1, -0.05) is 65.5 Å². The van der Waals surface area contributed by atoms with Crippen molar-refractivity contribution in [1.82, 2.24) is 9.55 Å². The molecule has 3 aromatic carbocycles. The summed E-state index contributed by atoms with van der Waals surface area (Å²) in [5, 5.41) is 13.7. The number of imidazole rings is 1. The van der Waals surface area contributed by atoms with Crippen LogP contribution in [0.15, 0.2) is 81.8 Å². The number of aromatic nitrogens is 2. The van der Waals surface area contributed by atoms with E-state index in [1.165, 1.54) is 23.5 Å². The van der Waals surface area contributed by atoms with E-state index in [2.05, 4.69) is 0 Å². The topological polar surface area (TPSA) is 85.6 Å². The third-order valence-electron chi connectivity index (χ3n) is 5.45. The standard InChI is InChI=1S/C26H21ClN2O5S2/c1-32-18-9-7-16(8-10-18)14-35-24-23(25(30)31)29(26(28-24)36-19-5-3-2-4-6-19)13-17-11-21-22(12-20(17)27)34-15-33-21/h2-12H,13-15H2,1H3,(H,30,31)/p-1. The number of halogens is 1. The van der Waals surface area contributed by atoms with Crippen LogP contribution in [0, 0.1) is 0 Å².